The molecule has 6 N–H and O–H groups in total. The van der Waals surface area contributed by atoms with E-state index in [1.54, 1.807) is 0 Å². The van der Waals surface area contributed by atoms with Gasteiger partial charge in [0.15, 0.2) is 0 Å². The largest absolute Gasteiger partial charge is 0.341 e. The lowest BCUT2D eigenvalue weighted by atomic mass is 10.1. The number of piperidine rings is 3. The van der Waals surface area contributed by atoms with Crippen LogP contribution in [0.2, 0.25) is 0 Å². The maximum Gasteiger partial charge on any atom is 0.231 e. The van der Waals surface area contributed by atoms with Crippen LogP contribution >= 0.6 is 0 Å². The number of anilines is 3. The lowest BCUT2D eigenvalue weighted by Gasteiger charge is -2.35. The molecule has 9 heteroatoms. The van der Waals surface area contributed by atoms with Gasteiger partial charge in [-0.1, -0.05) is 0 Å². The summed E-state index contributed by atoms with van der Waals surface area (Å²) in [6, 6.07) is 0.859. The van der Waals surface area contributed by atoms with Crippen molar-refractivity contribution in [2.75, 3.05) is 54.0 Å². The first-order valence-electron chi connectivity index (χ1n) is 10.4. The van der Waals surface area contributed by atoms with Gasteiger partial charge in [-0.3, -0.25) is 0 Å². The molecule has 0 saturated carbocycles. The molecule has 0 radical (unpaired) electrons. The van der Waals surface area contributed by atoms with Gasteiger partial charge in [0.2, 0.25) is 17.8 Å². The molecule has 0 unspecified atom stereocenters. The van der Waals surface area contributed by atoms with Crippen molar-refractivity contribution >= 4 is 17.8 Å². The van der Waals surface area contributed by atoms with Crippen molar-refractivity contribution in [1.82, 2.24) is 15.0 Å². The fourth-order valence-electron chi connectivity index (χ4n) is 4.07. The maximum absolute atomic E-state index is 6.07. The molecular weight excluding hydrogens is 342 g/mol. The fourth-order valence-corrected chi connectivity index (χ4v) is 4.07. The second kappa shape index (κ2) is 8.12. The average Bonchev–Trinajstić information content (AvgIpc) is 2.69. The standard InChI is InChI=1S/C18H33N9/c19-13-1-7-25(8-2-13)16-22-17(26-9-3-14(20)4-10-26)24-18(23-16)27-11-5-15(21)6-12-27/h13-15H,1-12,19-21H2. The number of nitrogens with two attached hydrogens (primary N) is 3. The van der Waals surface area contributed by atoms with Gasteiger partial charge in [0.1, 0.15) is 0 Å². The van der Waals surface area contributed by atoms with Crippen LogP contribution in [0.5, 0.6) is 0 Å². The van der Waals surface area contributed by atoms with Crippen LogP contribution in [0, 0.1) is 0 Å². The van der Waals surface area contributed by atoms with E-state index < -0.39 is 0 Å². The predicted octanol–water partition coefficient (Wildman–Crippen LogP) is -0.346. The van der Waals surface area contributed by atoms with E-state index in [-0.39, 0.29) is 18.1 Å². The van der Waals surface area contributed by atoms with Gasteiger partial charge < -0.3 is 31.9 Å². The van der Waals surface area contributed by atoms with Crippen LogP contribution < -0.4 is 31.9 Å². The lowest BCUT2D eigenvalue weighted by Crippen LogP contribution is -2.44. The molecule has 9 nitrogen and oxygen atoms in total. The van der Waals surface area contributed by atoms with Crippen LogP contribution in [0.25, 0.3) is 0 Å². The van der Waals surface area contributed by atoms with Crippen molar-refractivity contribution in [2.24, 2.45) is 17.2 Å². The van der Waals surface area contributed by atoms with Gasteiger partial charge >= 0.3 is 0 Å². The van der Waals surface area contributed by atoms with E-state index in [0.29, 0.717) is 0 Å². The zero-order chi connectivity index (χ0) is 18.8. The van der Waals surface area contributed by atoms with Crippen molar-refractivity contribution in [3.63, 3.8) is 0 Å². The van der Waals surface area contributed by atoms with E-state index in [1.807, 2.05) is 0 Å². The van der Waals surface area contributed by atoms with Crippen LogP contribution in [0.3, 0.4) is 0 Å². The normalized spacial score (nSPS) is 23.9. The molecule has 0 spiro atoms. The molecule has 150 valence electrons. The maximum atomic E-state index is 6.07. The van der Waals surface area contributed by atoms with Crippen molar-refractivity contribution in [3.05, 3.63) is 0 Å². The summed E-state index contributed by atoms with van der Waals surface area (Å²) in [6.07, 6.45) is 5.88. The Hall–Kier alpha value is -1.71. The van der Waals surface area contributed by atoms with Gasteiger partial charge in [-0.15, -0.1) is 0 Å². The number of nitrogens with zero attached hydrogens (tertiary/aromatic N) is 6. The van der Waals surface area contributed by atoms with Gasteiger partial charge in [-0.2, -0.15) is 15.0 Å². The zero-order valence-corrected chi connectivity index (χ0v) is 16.1. The number of rotatable bonds is 3. The molecule has 0 bridgehead atoms. The summed E-state index contributed by atoms with van der Waals surface area (Å²) in [5, 5.41) is 0. The molecule has 1 aromatic heterocycles. The van der Waals surface area contributed by atoms with Crippen LogP contribution in [-0.4, -0.2) is 72.3 Å². The molecule has 3 aliphatic rings. The molecule has 27 heavy (non-hydrogen) atoms. The highest BCUT2D eigenvalue weighted by atomic mass is 15.4. The van der Waals surface area contributed by atoms with Gasteiger partial charge in [0, 0.05) is 57.4 Å². The fraction of sp³-hybridized carbons (Fsp3) is 0.833. The third-order valence-electron chi connectivity index (χ3n) is 6.07. The molecule has 0 atom stereocenters. The number of hydrogen-bond acceptors (Lipinski definition) is 9. The molecule has 4 rings (SSSR count). The first-order chi connectivity index (χ1) is 13.1. The first kappa shape index (κ1) is 18.6. The summed E-state index contributed by atoms with van der Waals surface area (Å²) in [4.78, 5) is 21.3. The molecule has 0 aromatic carbocycles. The third kappa shape index (κ3) is 4.41. The molecular formula is C18H33N9. The van der Waals surface area contributed by atoms with Gasteiger partial charge in [0.05, 0.1) is 0 Å². The van der Waals surface area contributed by atoms with E-state index in [2.05, 4.69) is 14.7 Å². The van der Waals surface area contributed by atoms with Gasteiger partial charge in [-0.25, -0.2) is 0 Å². The van der Waals surface area contributed by atoms with Crippen molar-refractivity contribution < 1.29 is 0 Å². The smallest absolute Gasteiger partial charge is 0.231 e. The summed E-state index contributed by atoms with van der Waals surface area (Å²) in [7, 11) is 0. The molecule has 0 aliphatic carbocycles. The third-order valence-corrected chi connectivity index (χ3v) is 6.07. The molecule has 4 heterocycles. The van der Waals surface area contributed by atoms with E-state index >= 15 is 0 Å². The number of aromatic nitrogens is 3. The summed E-state index contributed by atoms with van der Waals surface area (Å²) < 4.78 is 0. The average molecular weight is 376 g/mol. The van der Waals surface area contributed by atoms with Crippen LogP contribution in [0.4, 0.5) is 17.8 Å². The molecule has 3 aliphatic heterocycles. The minimum absolute atomic E-state index is 0.286. The van der Waals surface area contributed by atoms with Crippen molar-refractivity contribution in [3.8, 4) is 0 Å². The van der Waals surface area contributed by atoms with Gasteiger partial charge in [0.25, 0.3) is 0 Å². The molecule has 3 saturated heterocycles. The second-order valence-electron chi connectivity index (χ2n) is 8.21. The molecule has 0 amide bonds. The Morgan fingerprint density at radius 3 is 0.926 bits per heavy atom. The highest BCUT2D eigenvalue weighted by Gasteiger charge is 2.26. The molecule has 3 fully saturated rings. The minimum atomic E-state index is 0.286. The van der Waals surface area contributed by atoms with E-state index in [1.165, 1.54) is 0 Å². The topological polar surface area (TPSA) is 126 Å². The number of hydrogen-bond donors (Lipinski definition) is 3. The second-order valence-corrected chi connectivity index (χ2v) is 8.21. The minimum Gasteiger partial charge on any atom is -0.341 e. The highest BCUT2D eigenvalue weighted by Crippen LogP contribution is 2.25. The SMILES string of the molecule is NC1CCN(c2nc(N3CCC(N)CC3)nc(N3CCC(N)CC3)n2)CC1. The van der Waals surface area contributed by atoms with Crippen LogP contribution in [0.15, 0.2) is 0 Å². The summed E-state index contributed by atoms with van der Waals surface area (Å²) in [6.45, 7) is 5.42. The Balaban J connectivity index is 1.59. The Kier molecular flexibility index (Phi) is 5.60. The Morgan fingerprint density at radius 1 is 0.481 bits per heavy atom. The Morgan fingerprint density at radius 2 is 0.704 bits per heavy atom. The van der Waals surface area contributed by atoms with E-state index in [9.17, 15) is 0 Å². The van der Waals surface area contributed by atoms with E-state index in [4.69, 9.17) is 32.2 Å². The quantitative estimate of drug-likeness (QED) is 0.650. The van der Waals surface area contributed by atoms with Crippen LogP contribution in [0.1, 0.15) is 38.5 Å². The first-order valence-corrected chi connectivity index (χ1v) is 10.4. The highest BCUT2D eigenvalue weighted by molar-refractivity contribution is 5.47. The van der Waals surface area contributed by atoms with Crippen molar-refractivity contribution in [2.45, 2.75) is 56.7 Å². The van der Waals surface area contributed by atoms with E-state index in [0.717, 1.165) is 95.6 Å². The van der Waals surface area contributed by atoms with Crippen molar-refractivity contribution in [1.29, 1.82) is 0 Å². The Bertz CT molecular complexity index is 517. The van der Waals surface area contributed by atoms with Crippen LogP contribution in [-0.2, 0) is 0 Å². The predicted molar refractivity (Wildman–Crippen MR) is 108 cm³/mol. The summed E-state index contributed by atoms with van der Waals surface area (Å²) in [5.74, 6) is 2.35. The lowest BCUT2D eigenvalue weighted by molar-refractivity contribution is 0.481. The monoisotopic (exact) mass is 375 g/mol. The summed E-state index contributed by atoms with van der Waals surface area (Å²) in [5.41, 5.74) is 18.2. The Labute approximate surface area is 161 Å². The van der Waals surface area contributed by atoms with Gasteiger partial charge in [-0.05, 0) is 38.5 Å². The summed E-state index contributed by atoms with van der Waals surface area (Å²) >= 11 is 0. The zero-order valence-electron chi connectivity index (χ0n) is 16.1. The molecule has 1 aromatic rings.